The fourth-order valence-corrected chi connectivity index (χ4v) is 4.99. The Morgan fingerprint density at radius 1 is 1.12 bits per heavy atom. The monoisotopic (exact) mass is 521 g/mol. The Morgan fingerprint density at radius 3 is 2.47 bits per heavy atom. The van der Waals surface area contributed by atoms with Crippen molar-refractivity contribution >= 4 is 61.9 Å². The van der Waals surface area contributed by atoms with E-state index in [1.165, 1.54) is 53.4 Å². The van der Waals surface area contributed by atoms with Crippen LogP contribution >= 0.6 is 24.0 Å². The molecule has 1 aliphatic rings. The maximum absolute atomic E-state index is 12.7. The number of rotatable bonds is 9. The molecule has 9 nitrogen and oxygen atoms in total. The number of thioether (sulfide) groups is 1. The van der Waals surface area contributed by atoms with Gasteiger partial charge in [-0.05, 0) is 55.3 Å². The van der Waals surface area contributed by atoms with Crippen LogP contribution < -0.4 is 10.5 Å². The van der Waals surface area contributed by atoms with Crippen molar-refractivity contribution in [3.8, 4) is 11.5 Å². The van der Waals surface area contributed by atoms with Crippen LogP contribution in [0.25, 0.3) is 6.08 Å². The first-order chi connectivity index (χ1) is 16.0. The molecule has 0 aliphatic carbocycles. The van der Waals surface area contributed by atoms with Crippen LogP contribution in [0.5, 0.6) is 11.5 Å². The fourth-order valence-electron chi connectivity index (χ4n) is 3.17. The summed E-state index contributed by atoms with van der Waals surface area (Å²) in [6.45, 7) is 0.417. The first-order valence-corrected chi connectivity index (χ1v) is 13.0. The summed E-state index contributed by atoms with van der Waals surface area (Å²) in [5, 5.41) is 27.1. The van der Waals surface area contributed by atoms with Gasteiger partial charge in [-0.2, -0.15) is 0 Å². The van der Waals surface area contributed by atoms with Crippen molar-refractivity contribution in [1.29, 1.82) is 0 Å². The molecular weight excluding hydrogens is 498 g/mol. The smallest absolute Gasteiger partial charge is 0.266 e. The van der Waals surface area contributed by atoms with Crippen molar-refractivity contribution in [1.82, 2.24) is 4.90 Å². The lowest BCUT2D eigenvalue weighted by Gasteiger charge is -2.14. The van der Waals surface area contributed by atoms with Gasteiger partial charge < -0.3 is 15.5 Å². The predicted octanol–water partition coefficient (Wildman–Crippen LogP) is 3.15. The summed E-state index contributed by atoms with van der Waals surface area (Å²) in [4.78, 5) is 26.6. The van der Waals surface area contributed by atoms with Gasteiger partial charge in [-0.15, -0.1) is 0 Å². The highest BCUT2D eigenvalue weighted by Gasteiger charge is 2.31. The molecule has 1 fully saturated rings. The summed E-state index contributed by atoms with van der Waals surface area (Å²) >= 11 is 6.45. The molecule has 0 atom stereocenters. The number of hydrogen-bond donors (Lipinski definition) is 4. The van der Waals surface area contributed by atoms with Crippen LogP contribution in [0.15, 0.2) is 52.3 Å². The minimum atomic E-state index is -3.78. The van der Waals surface area contributed by atoms with Crippen LogP contribution in [-0.4, -0.2) is 46.2 Å². The third-order valence-corrected chi connectivity index (χ3v) is 7.23. The summed E-state index contributed by atoms with van der Waals surface area (Å²) in [5.41, 5.74) is 0.880. The fraction of sp³-hybridized carbons (Fsp3) is 0.227. The zero-order chi connectivity index (χ0) is 24.9. The number of phenols is 2. The molecule has 2 aromatic rings. The first kappa shape index (κ1) is 25.7. The van der Waals surface area contributed by atoms with Gasteiger partial charge in [0.15, 0.2) is 0 Å². The highest BCUT2D eigenvalue weighted by molar-refractivity contribution is 8.26. The van der Waals surface area contributed by atoms with Gasteiger partial charge >= 0.3 is 0 Å². The lowest BCUT2D eigenvalue weighted by molar-refractivity contribution is -0.122. The van der Waals surface area contributed by atoms with Gasteiger partial charge in [-0.25, -0.2) is 13.6 Å². The van der Waals surface area contributed by atoms with Gasteiger partial charge in [-0.1, -0.05) is 30.4 Å². The van der Waals surface area contributed by atoms with Crippen LogP contribution in [0.3, 0.4) is 0 Å². The number of carbonyl (C=O) groups excluding carboxylic acids is 2. The molecule has 0 radical (unpaired) electrons. The Labute approximate surface area is 206 Å². The number of amides is 2. The standard InChI is InChI=1S/C22H23N3O6S3/c23-34(30,31)17-9-6-15(7-10-17)24-20(28)4-2-1-3-11-25-21(29)19(33-22(25)32)12-14-5-8-16(26)13-18(14)27/h5-10,12-13,26-27H,1-4,11H2,(H,24,28)(H2,23,30,31)/b19-12-. The Kier molecular flexibility index (Phi) is 8.31. The van der Waals surface area contributed by atoms with Crippen LogP contribution in [0.1, 0.15) is 31.2 Å². The summed E-state index contributed by atoms with van der Waals surface area (Å²) in [7, 11) is -3.78. The van der Waals surface area contributed by atoms with E-state index in [0.29, 0.717) is 46.3 Å². The van der Waals surface area contributed by atoms with Crippen LogP contribution in [0.4, 0.5) is 5.69 Å². The van der Waals surface area contributed by atoms with Gasteiger partial charge in [0.1, 0.15) is 15.8 Å². The number of nitrogens with zero attached hydrogens (tertiary/aromatic N) is 1. The zero-order valence-corrected chi connectivity index (χ0v) is 20.4. The van der Waals surface area contributed by atoms with Crippen molar-refractivity contribution in [2.75, 3.05) is 11.9 Å². The van der Waals surface area contributed by atoms with E-state index in [4.69, 9.17) is 17.4 Å². The number of thiocarbonyl (C=S) groups is 1. The molecule has 34 heavy (non-hydrogen) atoms. The van der Waals surface area contributed by atoms with E-state index in [1.54, 1.807) is 0 Å². The van der Waals surface area contributed by atoms with Crippen LogP contribution in [-0.2, 0) is 19.6 Å². The summed E-state index contributed by atoms with van der Waals surface area (Å²) in [6, 6.07) is 9.72. The SMILES string of the molecule is NS(=O)(=O)c1ccc(NC(=O)CCCCCN2C(=O)/C(=C/c3ccc(O)cc3O)SC2=S)cc1. The molecule has 5 N–H and O–H groups in total. The van der Waals surface area contributed by atoms with E-state index in [0.717, 1.165) is 11.8 Å². The number of sulfonamides is 1. The molecular formula is C22H23N3O6S3. The van der Waals surface area contributed by atoms with Crippen molar-refractivity contribution in [2.45, 2.75) is 30.6 Å². The molecule has 2 aromatic carbocycles. The molecule has 12 heteroatoms. The van der Waals surface area contributed by atoms with Crippen LogP contribution in [0.2, 0.25) is 0 Å². The number of carbonyl (C=O) groups is 2. The number of unbranched alkanes of at least 4 members (excludes halogenated alkanes) is 2. The Balaban J connectivity index is 1.43. The second-order valence-corrected chi connectivity index (χ2v) is 10.7. The lowest BCUT2D eigenvalue weighted by Crippen LogP contribution is -2.29. The highest BCUT2D eigenvalue weighted by Crippen LogP contribution is 2.35. The third-order valence-electron chi connectivity index (χ3n) is 4.93. The number of primary sulfonamides is 1. The number of nitrogens with one attached hydrogen (secondary N) is 1. The van der Waals surface area contributed by atoms with E-state index in [9.17, 15) is 28.2 Å². The number of hydrogen-bond acceptors (Lipinski definition) is 8. The number of phenolic OH excluding ortho intramolecular Hbond substituents is 2. The highest BCUT2D eigenvalue weighted by atomic mass is 32.2. The number of benzene rings is 2. The molecule has 0 saturated carbocycles. The number of aromatic hydroxyl groups is 2. The average molecular weight is 522 g/mol. The molecule has 1 saturated heterocycles. The van der Waals surface area contributed by atoms with Gasteiger partial charge in [0, 0.05) is 30.3 Å². The van der Waals surface area contributed by atoms with Crippen LogP contribution in [0, 0.1) is 0 Å². The van der Waals surface area contributed by atoms with E-state index < -0.39 is 10.0 Å². The molecule has 2 amide bonds. The minimum absolute atomic E-state index is 0.0316. The average Bonchev–Trinajstić information content (AvgIpc) is 3.02. The summed E-state index contributed by atoms with van der Waals surface area (Å²) in [6.07, 6.45) is 3.77. The molecule has 1 aliphatic heterocycles. The van der Waals surface area contributed by atoms with Gasteiger partial charge in [0.2, 0.25) is 15.9 Å². The summed E-state index contributed by atoms with van der Waals surface area (Å²) in [5.74, 6) is -0.659. The molecule has 3 rings (SSSR count). The second kappa shape index (κ2) is 11.0. The van der Waals surface area contributed by atoms with E-state index in [2.05, 4.69) is 5.32 Å². The van der Waals surface area contributed by atoms with Crippen molar-refractivity contribution < 1.29 is 28.2 Å². The lowest BCUT2D eigenvalue weighted by atomic mass is 10.1. The van der Waals surface area contributed by atoms with Crippen molar-refractivity contribution in [3.05, 3.63) is 52.9 Å². The summed E-state index contributed by atoms with van der Waals surface area (Å²) < 4.78 is 23.0. The predicted molar refractivity (Wildman–Crippen MR) is 135 cm³/mol. The number of anilines is 1. The largest absolute Gasteiger partial charge is 0.508 e. The van der Waals surface area contributed by atoms with Crippen molar-refractivity contribution in [2.24, 2.45) is 5.14 Å². The normalized spacial score (nSPS) is 15.2. The third kappa shape index (κ3) is 6.79. The van der Waals surface area contributed by atoms with E-state index in [1.807, 2.05) is 0 Å². The molecule has 0 aromatic heterocycles. The molecule has 0 unspecified atom stereocenters. The zero-order valence-electron chi connectivity index (χ0n) is 17.9. The van der Waals surface area contributed by atoms with Gasteiger partial charge in [0.25, 0.3) is 5.91 Å². The quantitative estimate of drug-likeness (QED) is 0.223. The minimum Gasteiger partial charge on any atom is -0.508 e. The topological polar surface area (TPSA) is 150 Å². The Bertz CT molecular complexity index is 1240. The van der Waals surface area contributed by atoms with Crippen molar-refractivity contribution in [3.63, 3.8) is 0 Å². The molecule has 0 bridgehead atoms. The van der Waals surface area contributed by atoms with E-state index in [-0.39, 0.29) is 34.6 Å². The molecule has 180 valence electrons. The maximum Gasteiger partial charge on any atom is 0.266 e. The second-order valence-electron chi connectivity index (χ2n) is 7.50. The maximum atomic E-state index is 12.7. The number of nitrogens with two attached hydrogens (primary N) is 1. The van der Waals surface area contributed by atoms with Gasteiger partial charge in [0.05, 0.1) is 9.80 Å². The van der Waals surface area contributed by atoms with E-state index >= 15 is 0 Å². The molecule has 0 spiro atoms. The first-order valence-electron chi connectivity index (χ1n) is 10.2. The van der Waals surface area contributed by atoms with Gasteiger partial charge in [-0.3, -0.25) is 14.5 Å². The Hall–Kier alpha value is -2.93. The molecule has 1 heterocycles. The Morgan fingerprint density at radius 2 is 1.82 bits per heavy atom.